The van der Waals surface area contributed by atoms with Crippen LogP contribution in [-0.4, -0.2) is 28.6 Å². The molecule has 0 bridgehead atoms. The Hall–Kier alpha value is 0.651. The molecule has 0 nitrogen and oxygen atoms in total. The summed E-state index contributed by atoms with van der Waals surface area (Å²) in [5.41, 5.74) is 3.37. The Kier molecular flexibility index (Phi) is 5.25. The third-order valence-electron chi connectivity index (χ3n) is 1.14. The molecule has 0 aliphatic heterocycles. The van der Waals surface area contributed by atoms with Gasteiger partial charge < -0.3 is 0 Å². The van der Waals surface area contributed by atoms with Crippen LogP contribution in [0.25, 0.3) is 0 Å². The average molecular weight is 148 g/mol. The predicted molar refractivity (Wildman–Crippen MR) is 47.0 cm³/mol. The highest BCUT2D eigenvalue weighted by Gasteiger charge is 1.91. The highest BCUT2D eigenvalue weighted by molar-refractivity contribution is 6.69. The highest BCUT2D eigenvalue weighted by atomic mass is 28.3. The largest absolute Gasteiger partial charge is 0.0752 e. The van der Waals surface area contributed by atoms with Gasteiger partial charge >= 0.3 is 0 Å². The van der Waals surface area contributed by atoms with Crippen LogP contribution < -0.4 is 0 Å². The monoisotopic (exact) mass is 148 g/mol. The third-order valence-corrected chi connectivity index (χ3v) is 10.2. The molecule has 0 saturated carbocycles. The van der Waals surface area contributed by atoms with E-state index in [0.717, 1.165) is 0 Å². The van der Waals surface area contributed by atoms with Gasteiger partial charge in [0.15, 0.2) is 0 Å². The highest BCUT2D eigenvalue weighted by Crippen LogP contribution is 1.87. The second-order valence-corrected chi connectivity index (χ2v) is 12.3. The molecule has 0 N–H and O–H groups in total. The molecule has 0 spiro atoms. The molecule has 0 aliphatic rings. The van der Waals surface area contributed by atoms with Gasteiger partial charge in [-0.1, -0.05) is 24.4 Å². The lowest BCUT2D eigenvalue weighted by Crippen LogP contribution is -2.04. The Morgan fingerprint density at radius 2 is 2.14 bits per heavy atom. The maximum absolute atomic E-state index is 2.46. The van der Waals surface area contributed by atoms with Crippen molar-refractivity contribution in [1.29, 1.82) is 0 Å². The van der Waals surface area contributed by atoms with Crippen molar-refractivity contribution in [3.05, 3.63) is 0 Å². The normalized spacial score (nSPS) is 12.4. The zero-order valence-corrected chi connectivity index (χ0v) is 10.3. The Morgan fingerprint density at radius 3 is 2.29 bits per heavy atom. The quantitative estimate of drug-likeness (QED) is 0.466. The first-order chi connectivity index (χ1) is 3.27. The van der Waals surface area contributed by atoms with Gasteiger partial charge in [-0.05, 0) is 10.2 Å². The van der Waals surface area contributed by atoms with Gasteiger partial charge in [0.25, 0.3) is 0 Å². The molecule has 0 saturated heterocycles. The van der Waals surface area contributed by atoms with Gasteiger partial charge in [-0.15, -0.1) is 0 Å². The van der Waals surface area contributed by atoms with Gasteiger partial charge in [0, 0.05) is 18.3 Å². The van der Waals surface area contributed by atoms with E-state index in [0.29, 0.717) is 9.52 Å². The van der Waals surface area contributed by atoms with Crippen LogP contribution in [0.3, 0.4) is 0 Å². The van der Waals surface area contributed by atoms with E-state index in [1.165, 1.54) is 10.2 Å². The second kappa shape index (κ2) is 4.80. The molecule has 0 heterocycles. The van der Waals surface area contributed by atoms with Gasteiger partial charge in [0.1, 0.15) is 0 Å². The average Bonchev–Trinajstić information content (AvgIpc) is 1.61. The topological polar surface area (TPSA) is 0 Å². The summed E-state index contributed by atoms with van der Waals surface area (Å²) in [7, 11) is 1.87. The summed E-state index contributed by atoms with van der Waals surface area (Å²) in [6.45, 7) is 4.93. The van der Waals surface area contributed by atoms with Crippen LogP contribution in [0, 0.1) is 0 Å². The van der Waals surface area contributed by atoms with Crippen molar-refractivity contribution in [2.45, 2.75) is 24.4 Å². The van der Waals surface area contributed by atoms with Gasteiger partial charge in [-0.25, -0.2) is 0 Å². The molecule has 3 heteroatoms. The van der Waals surface area contributed by atoms with E-state index in [4.69, 9.17) is 0 Å². The van der Waals surface area contributed by atoms with E-state index in [2.05, 4.69) is 13.1 Å². The Morgan fingerprint density at radius 1 is 1.57 bits per heavy atom. The molecule has 0 atom stereocenters. The smallest absolute Gasteiger partial charge is 0.0274 e. The summed E-state index contributed by atoms with van der Waals surface area (Å²) in [5, 5.41) is 0. The summed E-state index contributed by atoms with van der Waals surface area (Å²) in [6.07, 6.45) is 0. The molecule has 0 radical (unpaired) electrons. The van der Waals surface area contributed by atoms with E-state index in [1.807, 2.05) is 0 Å². The molecule has 0 amide bonds. The van der Waals surface area contributed by atoms with Crippen molar-refractivity contribution < 1.29 is 0 Å². The van der Waals surface area contributed by atoms with E-state index in [-0.39, 0.29) is 8.80 Å². The van der Waals surface area contributed by atoms with Crippen LogP contribution in [0.4, 0.5) is 0 Å². The first-order valence-electron chi connectivity index (χ1n) is 3.27. The lowest BCUT2D eigenvalue weighted by atomic mass is 11.8. The van der Waals surface area contributed by atoms with Crippen LogP contribution in [0.15, 0.2) is 0 Å². The number of hydrogen-bond donors (Lipinski definition) is 0. The van der Waals surface area contributed by atoms with Crippen LogP contribution >= 0.6 is 0 Å². The molecule has 0 fully saturated rings. The summed E-state index contributed by atoms with van der Waals surface area (Å²) < 4.78 is 0. The summed E-state index contributed by atoms with van der Waals surface area (Å²) in [6, 6.07) is 0. The van der Waals surface area contributed by atoms with Crippen molar-refractivity contribution >= 4 is 28.6 Å². The summed E-state index contributed by atoms with van der Waals surface area (Å²) in [5.74, 6) is 0. The van der Waals surface area contributed by atoms with E-state index in [9.17, 15) is 0 Å². The van der Waals surface area contributed by atoms with E-state index < -0.39 is 0 Å². The van der Waals surface area contributed by atoms with Gasteiger partial charge in [0.05, 0.1) is 0 Å². The van der Waals surface area contributed by atoms with Crippen LogP contribution in [0.2, 0.25) is 24.4 Å². The van der Waals surface area contributed by atoms with Crippen LogP contribution in [-0.2, 0) is 0 Å². The standard InChI is InChI=1S/C4H16Si3/c1-7(2)4-6-3-5/h7H,3-4,6H2,1-2,5H3. The molecule has 0 rings (SSSR count). The fourth-order valence-electron chi connectivity index (χ4n) is 0.612. The van der Waals surface area contributed by atoms with Crippen LogP contribution in [0.1, 0.15) is 0 Å². The fourth-order valence-corrected chi connectivity index (χ4v) is 9.19. The van der Waals surface area contributed by atoms with Crippen molar-refractivity contribution in [2.75, 3.05) is 0 Å². The molecule has 44 valence electrons. The fraction of sp³-hybridized carbons (Fsp3) is 1.00. The molecule has 7 heavy (non-hydrogen) atoms. The molecular formula is C4H16Si3. The minimum absolute atomic E-state index is 0.104. The minimum atomic E-state index is -0.104. The minimum Gasteiger partial charge on any atom is -0.0752 e. The Balaban J connectivity index is 2.68. The van der Waals surface area contributed by atoms with Gasteiger partial charge in [-0.2, -0.15) is 0 Å². The zero-order chi connectivity index (χ0) is 5.70. The second-order valence-electron chi connectivity index (χ2n) is 2.54. The number of rotatable bonds is 3. The molecule has 0 unspecified atom stereocenters. The first kappa shape index (κ1) is 7.65. The van der Waals surface area contributed by atoms with Gasteiger partial charge in [-0.3, -0.25) is 0 Å². The molecule has 0 aromatic rings. The maximum Gasteiger partial charge on any atom is 0.0274 e. The van der Waals surface area contributed by atoms with Gasteiger partial charge in [0.2, 0.25) is 0 Å². The number of hydrogen-bond acceptors (Lipinski definition) is 0. The van der Waals surface area contributed by atoms with Crippen molar-refractivity contribution in [1.82, 2.24) is 0 Å². The van der Waals surface area contributed by atoms with Crippen molar-refractivity contribution in [3.63, 3.8) is 0 Å². The van der Waals surface area contributed by atoms with E-state index in [1.54, 1.807) is 11.3 Å². The van der Waals surface area contributed by atoms with Crippen LogP contribution in [0.5, 0.6) is 0 Å². The lowest BCUT2D eigenvalue weighted by Gasteiger charge is -1.96. The lowest BCUT2D eigenvalue weighted by molar-refractivity contribution is 1.76. The molecule has 0 aliphatic carbocycles. The molecular weight excluding hydrogens is 132 g/mol. The summed E-state index contributed by atoms with van der Waals surface area (Å²) >= 11 is 0. The SMILES string of the molecule is C[SiH](C)C[SiH2]C[SiH3]. The third kappa shape index (κ3) is 6.65. The summed E-state index contributed by atoms with van der Waals surface area (Å²) in [4.78, 5) is 0. The predicted octanol–water partition coefficient (Wildman–Crippen LogP) is -0.659. The molecule has 0 aromatic heterocycles. The first-order valence-corrected chi connectivity index (χ1v) is 9.81. The zero-order valence-electron chi connectivity index (χ0n) is 5.70. The maximum atomic E-state index is 2.46. The molecule has 0 aromatic carbocycles. The van der Waals surface area contributed by atoms with Crippen molar-refractivity contribution in [2.24, 2.45) is 0 Å². The Bertz CT molecular complexity index is 35.9. The Labute approximate surface area is 53.6 Å². The van der Waals surface area contributed by atoms with E-state index >= 15 is 0 Å². The van der Waals surface area contributed by atoms with Crippen molar-refractivity contribution in [3.8, 4) is 0 Å².